The van der Waals surface area contributed by atoms with Crippen molar-refractivity contribution in [3.63, 3.8) is 0 Å². The zero-order chi connectivity index (χ0) is 10.3. The molecule has 0 bridgehead atoms. The first-order valence-corrected chi connectivity index (χ1v) is 5.73. The molecule has 0 radical (unpaired) electrons. The number of hydrogen-bond acceptors (Lipinski definition) is 5. The summed E-state index contributed by atoms with van der Waals surface area (Å²) in [6, 6.07) is 0. The highest BCUT2D eigenvalue weighted by Gasteiger charge is 2.19. The number of nitrogens with one attached hydrogen (secondary N) is 1. The summed E-state index contributed by atoms with van der Waals surface area (Å²) in [5.74, 6) is 1.66. The monoisotopic (exact) mass is 223 g/mol. The molecule has 0 aliphatic carbocycles. The highest BCUT2D eigenvalue weighted by Crippen LogP contribution is 2.19. The quantitative estimate of drug-likeness (QED) is 0.721. The van der Waals surface area contributed by atoms with E-state index in [9.17, 15) is 0 Å². The van der Waals surface area contributed by atoms with E-state index in [2.05, 4.69) is 20.2 Å². The predicted octanol–water partition coefficient (Wildman–Crippen LogP) is 1.03. The first kappa shape index (κ1) is 9.08. The molecule has 6 heteroatoms. The SMILES string of the molecule is S=c1nc(N2CCCC2)nc2n1CCN2. The van der Waals surface area contributed by atoms with E-state index in [0.717, 1.165) is 38.1 Å². The highest BCUT2D eigenvalue weighted by molar-refractivity contribution is 7.71. The smallest absolute Gasteiger partial charge is 0.231 e. The van der Waals surface area contributed by atoms with Crippen LogP contribution in [0, 0.1) is 4.77 Å². The Morgan fingerprint density at radius 2 is 1.93 bits per heavy atom. The summed E-state index contributed by atoms with van der Waals surface area (Å²) in [5.41, 5.74) is 0. The Bertz CT molecular complexity index is 435. The molecule has 0 atom stereocenters. The third-order valence-corrected chi connectivity index (χ3v) is 3.21. The predicted molar refractivity (Wildman–Crippen MR) is 60.8 cm³/mol. The average molecular weight is 223 g/mol. The van der Waals surface area contributed by atoms with Crippen LogP contribution in [0.5, 0.6) is 0 Å². The molecular formula is C9H13N5S. The highest BCUT2D eigenvalue weighted by atomic mass is 32.1. The average Bonchev–Trinajstić information content (AvgIpc) is 2.88. The van der Waals surface area contributed by atoms with E-state index in [1.165, 1.54) is 12.8 Å². The lowest BCUT2D eigenvalue weighted by Gasteiger charge is -2.15. The normalized spacial score (nSPS) is 19.1. The molecule has 1 aromatic rings. The molecule has 1 aromatic heterocycles. The summed E-state index contributed by atoms with van der Waals surface area (Å²) in [6.45, 7) is 3.90. The lowest BCUT2D eigenvalue weighted by atomic mass is 10.4. The summed E-state index contributed by atoms with van der Waals surface area (Å²) in [5, 5.41) is 3.22. The maximum Gasteiger partial charge on any atom is 0.231 e. The van der Waals surface area contributed by atoms with Crippen LogP contribution < -0.4 is 10.2 Å². The maximum absolute atomic E-state index is 5.25. The van der Waals surface area contributed by atoms with E-state index in [4.69, 9.17) is 12.2 Å². The van der Waals surface area contributed by atoms with Gasteiger partial charge in [-0.05, 0) is 25.1 Å². The van der Waals surface area contributed by atoms with Crippen molar-refractivity contribution >= 4 is 24.1 Å². The number of rotatable bonds is 1. The topological polar surface area (TPSA) is 46.0 Å². The van der Waals surface area contributed by atoms with Crippen LogP contribution in [-0.4, -0.2) is 34.2 Å². The van der Waals surface area contributed by atoms with Crippen molar-refractivity contribution in [1.82, 2.24) is 14.5 Å². The van der Waals surface area contributed by atoms with Gasteiger partial charge in [-0.25, -0.2) is 0 Å². The van der Waals surface area contributed by atoms with Gasteiger partial charge in [-0.15, -0.1) is 0 Å². The molecule has 0 unspecified atom stereocenters. The van der Waals surface area contributed by atoms with E-state index in [1.54, 1.807) is 0 Å². The number of hydrogen-bond donors (Lipinski definition) is 1. The second-order valence-electron chi connectivity index (χ2n) is 3.90. The van der Waals surface area contributed by atoms with Gasteiger partial charge >= 0.3 is 0 Å². The van der Waals surface area contributed by atoms with Gasteiger partial charge in [0, 0.05) is 26.2 Å². The van der Waals surface area contributed by atoms with Gasteiger partial charge in [0.05, 0.1) is 0 Å². The van der Waals surface area contributed by atoms with Crippen molar-refractivity contribution in [2.75, 3.05) is 29.9 Å². The molecule has 0 amide bonds. The van der Waals surface area contributed by atoms with Crippen LogP contribution in [0.3, 0.4) is 0 Å². The maximum atomic E-state index is 5.25. The van der Waals surface area contributed by atoms with E-state index >= 15 is 0 Å². The minimum Gasteiger partial charge on any atom is -0.354 e. The van der Waals surface area contributed by atoms with E-state index in [1.807, 2.05) is 4.57 Å². The van der Waals surface area contributed by atoms with E-state index in [-0.39, 0.29) is 0 Å². The van der Waals surface area contributed by atoms with Crippen molar-refractivity contribution in [1.29, 1.82) is 0 Å². The number of fused-ring (bicyclic) bond motifs is 1. The second-order valence-corrected chi connectivity index (χ2v) is 4.27. The van der Waals surface area contributed by atoms with E-state index < -0.39 is 0 Å². The number of nitrogens with zero attached hydrogens (tertiary/aromatic N) is 4. The van der Waals surface area contributed by atoms with Gasteiger partial charge < -0.3 is 10.2 Å². The van der Waals surface area contributed by atoms with Gasteiger partial charge in [-0.1, -0.05) is 0 Å². The van der Waals surface area contributed by atoms with Crippen molar-refractivity contribution in [2.24, 2.45) is 0 Å². The number of aromatic nitrogens is 3. The molecule has 2 aliphatic heterocycles. The van der Waals surface area contributed by atoms with Crippen LogP contribution in [0.2, 0.25) is 0 Å². The summed E-state index contributed by atoms with van der Waals surface area (Å²) >= 11 is 5.25. The Labute approximate surface area is 93.1 Å². The molecule has 3 rings (SSSR count). The van der Waals surface area contributed by atoms with E-state index in [0.29, 0.717) is 4.77 Å². The molecule has 0 saturated carbocycles. The lowest BCUT2D eigenvalue weighted by Crippen LogP contribution is -2.21. The van der Waals surface area contributed by atoms with Crippen LogP contribution in [0.25, 0.3) is 0 Å². The minimum atomic E-state index is 0.645. The fourth-order valence-corrected chi connectivity index (χ4v) is 2.35. The lowest BCUT2D eigenvalue weighted by molar-refractivity contribution is 0.740. The summed E-state index contributed by atoms with van der Waals surface area (Å²) in [6.07, 6.45) is 2.46. The standard InChI is InChI=1S/C9H13N5S/c15-9-12-8(13-4-1-2-5-13)11-7-10-3-6-14(7)9/h1-6H2,(H,10,11,12,15). The third-order valence-electron chi connectivity index (χ3n) is 2.90. The zero-order valence-corrected chi connectivity index (χ0v) is 9.26. The summed E-state index contributed by atoms with van der Waals surface area (Å²) in [4.78, 5) is 11.1. The first-order chi connectivity index (χ1) is 7.34. The van der Waals surface area contributed by atoms with Gasteiger partial charge in [0.2, 0.25) is 16.7 Å². The molecular weight excluding hydrogens is 210 g/mol. The summed E-state index contributed by atoms with van der Waals surface area (Å²) in [7, 11) is 0. The zero-order valence-electron chi connectivity index (χ0n) is 8.44. The number of anilines is 2. The molecule has 80 valence electrons. The van der Waals surface area contributed by atoms with Crippen LogP contribution in [0.4, 0.5) is 11.9 Å². The van der Waals surface area contributed by atoms with Crippen molar-refractivity contribution in [3.8, 4) is 0 Å². The van der Waals surface area contributed by atoms with Crippen LogP contribution in [0.1, 0.15) is 12.8 Å². The van der Waals surface area contributed by atoms with Gasteiger partial charge in [0.1, 0.15) is 0 Å². The molecule has 1 N–H and O–H groups in total. The van der Waals surface area contributed by atoms with Crippen molar-refractivity contribution in [2.45, 2.75) is 19.4 Å². The second kappa shape index (κ2) is 3.44. The Balaban J connectivity index is 2.03. The Morgan fingerprint density at radius 3 is 2.73 bits per heavy atom. The van der Waals surface area contributed by atoms with Gasteiger partial charge in [-0.2, -0.15) is 9.97 Å². The molecule has 2 aliphatic rings. The van der Waals surface area contributed by atoms with Crippen LogP contribution in [-0.2, 0) is 6.54 Å². The van der Waals surface area contributed by atoms with Crippen LogP contribution >= 0.6 is 12.2 Å². The van der Waals surface area contributed by atoms with Gasteiger partial charge in [0.25, 0.3) is 0 Å². The van der Waals surface area contributed by atoms with Gasteiger partial charge in [-0.3, -0.25) is 4.57 Å². The molecule has 5 nitrogen and oxygen atoms in total. The molecule has 15 heavy (non-hydrogen) atoms. The van der Waals surface area contributed by atoms with Gasteiger partial charge in [0.15, 0.2) is 0 Å². The first-order valence-electron chi connectivity index (χ1n) is 5.32. The Morgan fingerprint density at radius 1 is 1.13 bits per heavy atom. The fraction of sp³-hybridized carbons (Fsp3) is 0.667. The van der Waals surface area contributed by atoms with Crippen molar-refractivity contribution in [3.05, 3.63) is 4.77 Å². The largest absolute Gasteiger partial charge is 0.354 e. The third kappa shape index (κ3) is 1.49. The molecule has 3 heterocycles. The fourth-order valence-electron chi connectivity index (χ4n) is 2.09. The Hall–Kier alpha value is -1.17. The molecule has 1 fully saturated rings. The van der Waals surface area contributed by atoms with Crippen molar-refractivity contribution < 1.29 is 0 Å². The molecule has 0 aromatic carbocycles. The van der Waals surface area contributed by atoms with Crippen LogP contribution in [0.15, 0.2) is 0 Å². The summed E-state index contributed by atoms with van der Waals surface area (Å²) < 4.78 is 2.60. The Kier molecular flexibility index (Phi) is 2.09. The molecule has 0 spiro atoms. The molecule has 1 saturated heterocycles. The minimum absolute atomic E-state index is 0.645.